The molecule has 4 nitrogen and oxygen atoms in total. The molecule has 2 aromatic rings. The van der Waals surface area contributed by atoms with Crippen LogP contribution in [0.4, 0.5) is 0 Å². The highest BCUT2D eigenvalue weighted by molar-refractivity contribution is 5.76. The molecule has 1 atom stereocenters. The van der Waals surface area contributed by atoms with Crippen molar-refractivity contribution in [2.75, 3.05) is 6.54 Å². The number of benzene rings is 1. The van der Waals surface area contributed by atoms with Crippen molar-refractivity contribution in [3.05, 3.63) is 60.3 Å². The Hall–Kier alpha value is -2.62. The van der Waals surface area contributed by atoms with Gasteiger partial charge in [0.2, 0.25) is 5.91 Å². The molecular weight excluding hydrogens is 300 g/mol. The van der Waals surface area contributed by atoms with Crippen LogP contribution in [0.15, 0.2) is 49.2 Å². The van der Waals surface area contributed by atoms with E-state index in [1.54, 1.807) is 12.3 Å². The highest BCUT2D eigenvalue weighted by Gasteiger charge is 2.27. The highest BCUT2D eigenvalue weighted by Crippen LogP contribution is 2.38. The number of carbonyl (C=O) groups excluding carboxylic acids is 1. The molecule has 3 rings (SSSR count). The second-order valence-corrected chi connectivity index (χ2v) is 6.09. The number of pyridine rings is 1. The van der Waals surface area contributed by atoms with Crippen LogP contribution in [-0.4, -0.2) is 23.5 Å². The van der Waals surface area contributed by atoms with Crippen LogP contribution in [0.2, 0.25) is 0 Å². The predicted molar refractivity (Wildman–Crippen MR) is 95.0 cm³/mol. The molecule has 0 spiro atoms. The Balaban J connectivity index is 1.73. The molecule has 124 valence electrons. The minimum atomic E-state index is -0.0306. The molecule has 1 aliphatic rings. The van der Waals surface area contributed by atoms with Gasteiger partial charge in [0.05, 0.1) is 12.2 Å². The monoisotopic (exact) mass is 322 g/mol. The largest absolute Gasteiger partial charge is 0.487 e. The maximum Gasteiger partial charge on any atom is 0.220 e. The summed E-state index contributed by atoms with van der Waals surface area (Å²) in [5.74, 6) is 0.931. The number of nitrogens with zero attached hydrogens (tertiary/aromatic N) is 1. The summed E-state index contributed by atoms with van der Waals surface area (Å²) in [6.45, 7) is 6.23. The van der Waals surface area contributed by atoms with E-state index in [4.69, 9.17) is 4.74 Å². The zero-order chi connectivity index (χ0) is 16.9. The lowest BCUT2D eigenvalue weighted by molar-refractivity contribution is -0.121. The van der Waals surface area contributed by atoms with Crippen molar-refractivity contribution in [3.63, 3.8) is 0 Å². The van der Waals surface area contributed by atoms with Crippen molar-refractivity contribution in [2.24, 2.45) is 0 Å². The van der Waals surface area contributed by atoms with Crippen molar-refractivity contribution in [1.29, 1.82) is 0 Å². The first kappa shape index (κ1) is 16.2. The summed E-state index contributed by atoms with van der Waals surface area (Å²) in [5.41, 5.74) is 4.30. The maximum atomic E-state index is 11.7. The molecule has 1 aromatic heterocycles. The van der Waals surface area contributed by atoms with Crippen LogP contribution < -0.4 is 10.1 Å². The number of fused-ring (bicyclic) bond motifs is 1. The molecule has 0 saturated carbocycles. The zero-order valence-electron chi connectivity index (χ0n) is 13.9. The number of aryl methyl sites for hydroxylation is 1. The molecule has 0 radical (unpaired) electrons. The Bertz CT molecular complexity index is 741. The number of amides is 1. The first-order chi connectivity index (χ1) is 11.7. The van der Waals surface area contributed by atoms with Crippen molar-refractivity contribution in [3.8, 4) is 17.0 Å². The molecule has 24 heavy (non-hydrogen) atoms. The lowest BCUT2D eigenvalue weighted by atomic mass is 10.0. The van der Waals surface area contributed by atoms with Gasteiger partial charge in [-0.3, -0.25) is 9.78 Å². The van der Waals surface area contributed by atoms with Crippen LogP contribution >= 0.6 is 0 Å². The molecule has 0 aliphatic carbocycles. The number of allylic oxidation sites excluding steroid dienone is 1. The molecule has 1 N–H and O–H groups in total. The standard InChI is InChI=1S/C20H22N2O2/c1-3-4-8-19(23)22-13-16-12-15-10-14(2)11-17(20(15)24-16)18-7-5-6-9-21-18/h3,5-7,9-11,16H,1,4,8,12-13H2,2H3,(H,22,23)/t16-/m1/s1. The molecule has 1 aromatic carbocycles. The quantitative estimate of drug-likeness (QED) is 0.829. The summed E-state index contributed by atoms with van der Waals surface area (Å²) in [7, 11) is 0. The van der Waals surface area contributed by atoms with E-state index in [0.29, 0.717) is 19.4 Å². The highest BCUT2D eigenvalue weighted by atomic mass is 16.5. The van der Waals surface area contributed by atoms with Crippen LogP contribution in [0.1, 0.15) is 24.0 Å². The van der Waals surface area contributed by atoms with E-state index in [1.165, 1.54) is 11.1 Å². The summed E-state index contributed by atoms with van der Waals surface area (Å²) >= 11 is 0. The Kier molecular flexibility index (Phi) is 4.94. The van der Waals surface area contributed by atoms with Crippen LogP contribution in [0.25, 0.3) is 11.3 Å². The van der Waals surface area contributed by atoms with Gasteiger partial charge < -0.3 is 10.1 Å². The summed E-state index contributed by atoms with van der Waals surface area (Å²) < 4.78 is 6.13. The van der Waals surface area contributed by atoms with E-state index in [0.717, 1.165) is 23.4 Å². The Morgan fingerprint density at radius 2 is 2.33 bits per heavy atom. The van der Waals surface area contributed by atoms with Crippen molar-refractivity contribution in [2.45, 2.75) is 32.3 Å². The Morgan fingerprint density at radius 3 is 3.08 bits per heavy atom. The molecule has 2 heterocycles. The third-order valence-electron chi connectivity index (χ3n) is 4.09. The van der Waals surface area contributed by atoms with Gasteiger partial charge >= 0.3 is 0 Å². The first-order valence-corrected chi connectivity index (χ1v) is 8.26. The van der Waals surface area contributed by atoms with E-state index < -0.39 is 0 Å². The summed E-state index contributed by atoms with van der Waals surface area (Å²) in [6, 6.07) is 10.1. The third kappa shape index (κ3) is 3.65. The molecule has 0 unspecified atom stereocenters. The molecule has 0 saturated heterocycles. The number of rotatable bonds is 6. The number of ether oxygens (including phenoxy) is 1. The van der Waals surface area contributed by atoms with Gasteiger partial charge in [0.25, 0.3) is 0 Å². The average molecular weight is 322 g/mol. The second kappa shape index (κ2) is 7.30. The zero-order valence-corrected chi connectivity index (χ0v) is 13.9. The van der Waals surface area contributed by atoms with Crippen LogP contribution in [0, 0.1) is 6.92 Å². The van der Waals surface area contributed by atoms with Crippen LogP contribution in [0.5, 0.6) is 5.75 Å². The van der Waals surface area contributed by atoms with E-state index in [2.05, 4.69) is 35.9 Å². The summed E-state index contributed by atoms with van der Waals surface area (Å²) in [5, 5.41) is 2.94. The minimum Gasteiger partial charge on any atom is -0.487 e. The van der Waals surface area contributed by atoms with Gasteiger partial charge in [-0.25, -0.2) is 0 Å². The predicted octanol–water partition coefficient (Wildman–Crippen LogP) is 3.44. The fourth-order valence-corrected chi connectivity index (χ4v) is 2.97. The van der Waals surface area contributed by atoms with E-state index in [-0.39, 0.29) is 12.0 Å². The van der Waals surface area contributed by atoms with E-state index in [9.17, 15) is 4.79 Å². The molecule has 0 fully saturated rings. The lowest BCUT2D eigenvalue weighted by Crippen LogP contribution is -2.34. The van der Waals surface area contributed by atoms with Gasteiger partial charge in [0.1, 0.15) is 11.9 Å². The number of hydrogen-bond donors (Lipinski definition) is 1. The number of nitrogens with one attached hydrogen (secondary N) is 1. The fraction of sp³-hybridized carbons (Fsp3) is 0.300. The molecule has 1 aliphatic heterocycles. The normalized spacial score (nSPS) is 15.5. The van der Waals surface area contributed by atoms with Crippen molar-refractivity contribution >= 4 is 5.91 Å². The molecular formula is C20H22N2O2. The van der Waals surface area contributed by atoms with Gasteiger partial charge in [0.15, 0.2) is 0 Å². The summed E-state index contributed by atoms with van der Waals surface area (Å²) in [6.07, 6.45) is 5.48. The SMILES string of the molecule is C=CCCC(=O)NC[C@H]1Cc2cc(C)cc(-c3ccccn3)c2O1. The van der Waals surface area contributed by atoms with Gasteiger partial charge in [-0.2, -0.15) is 0 Å². The topological polar surface area (TPSA) is 51.2 Å². The summed E-state index contributed by atoms with van der Waals surface area (Å²) in [4.78, 5) is 16.2. The number of aromatic nitrogens is 1. The van der Waals surface area contributed by atoms with Gasteiger partial charge in [0, 0.05) is 24.6 Å². The minimum absolute atomic E-state index is 0.0306. The van der Waals surface area contributed by atoms with E-state index >= 15 is 0 Å². The second-order valence-electron chi connectivity index (χ2n) is 6.09. The average Bonchev–Trinajstić information content (AvgIpc) is 3.00. The Morgan fingerprint density at radius 1 is 1.46 bits per heavy atom. The maximum absolute atomic E-state index is 11.7. The van der Waals surface area contributed by atoms with Gasteiger partial charge in [-0.15, -0.1) is 6.58 Å². The van der Waals surface area contributed by atoms with Gasteiger partial charge in [-0.05, 0) is 42.7 Å². The first-order valence-electron chi connectivity index (χ1n) is 8.26. The Labute approximate surface area is 142 Å². The molecule has 0 bridgehead atoms. The van der Waals surface area contributed by atoms with Crippen LogP contribution in [-0.2, 0) is 11.2 Å². The molecule has 4 heteroatoms. The van der Waals surface area contributed by atoms with E-state index in [1.807, 2.05) is 18.2 Å². The molecule has 1 amide bonds. The smallest absolute Gasteiger partial charge is 0.220 e. The fourth-order valence-electron chi connectivity index (χ4n) is 2.97. The number of hydrogen-bond acceptors (Lipinski definition) is 3. The van der Waals surface area contributed by atoms with Crippen LogP contribution in [0.3, 0.4) is 0 Å². The van der Waals surface area contributed by atoms with Crippen molar-refractivity contribution in [1.82, 2.24) is 10.3 Å². The van der Waals surface area contributed by atoms with Crippen molar-refractivity contribution < 1.29 is 9.53 Å². The third-order valence-corrected chi connectivity index (χ3v) is 4.09. The van der Waals surface area contributed by atoms with Gasteiger partial charge in [-0.1, -0.05) is 18.2 Å². The lowest BCUT2D eigenvalue weighted by Gasteiger charge is -2.13. The number of carbonyl (C=O) groups is 1.